The minimum absolute atomic E-state index is 0.0137. The number of para-hydroxylation sites is 3. The highest BCUT2D eigenvalue weighted by Gasteiger charge is 2.35. The van der Waals surface area contributed by atoms with Gasteiger partial charge in [-0.15, -0.1) is 13.2 Å². The van der Waals surface area contributed by atoms with E-state index < -0.39 is 41.2 Å². The number of amides is 2. The number of nitrogens with zero attached hydrogens (tertiary/aromatic N) is 2. The van der Waals surface area contributed by atoms with Crippen LogP contribution in [0.1, 0.15) is 21.5 Å². The van der Waals surface area contributed by atoms with Crippen LogP contribution in [0.3, 0.4) is 0 Å². The van der Waals surface area contributed by atoms with Crippen molar-refractivity contribution in [1.29, 1.82) is 0 Å². The van der Waals surface area contributed by atoms with Crippen molar-refractivity contribution >= 4 is 34.1 Å². The third kappa shape index (κ3) is 5.98. The topological polar surface area (TPSA) is 85.5 Å². The summed E-state index contributed by atoms with van der Waals surface area (Å²) in [4.78, 5) is 31.0. The van der Waals surface area contributed by atoms with Crippen LogP contribution in [0.4, 0.5) is 42.5 Å². The van der Waals surface area contributed by atoms with Crippen molar-refractivity contribution in [3.63, 3.8) is 0 Å². The fraction of sp³-hybridized carbons (Fsp3) is 0.0645. The summed E-state index contributed by atoms with van der Waals surface area (Å²) in [5.41, 5.74) is 4.20. The van der Waals surface area contributed by atoms with E-state index >= 15 is 0 Å². The van der Waals surface area contributed by atoms with Gasteiger partial charge in [-0.25, -0.2) is 4.79 Å². The standard InChI is InChI=1S/C31H19F6N3O3/c32-30(33,34)23-13-7-12-21-26(22(17-39-27(21)23)28(41)18-8-2-1-3-9-18)19-10-6-11-20(16-19)40(29(38)42)24-14-4-5-15-25(24)43-31(35,36)37/h1-17H,(H2,38,42). The predicted molar refractivity (Wildman–Crippen MR) is 147 cm³/mol. The fourth-order valence-electron chi connectivity index (χ4n) is 4.72. The van der Waals surface area contributed by atoms with E-state index in [0.29, 0.717) is 0 Å². The Hall–Kier alpha value is -5.39. The van der Waals surface area contributed by atoms with E-state index in [0.717, 1.165) is 23.2 Å². The van der Waals surface area contributed by atoms with Crippen LogP contribution in [0.2, 0.25) is 0 Å². The number of aromatic nitrogens is 1. The van der Waals surface area contributed by atoms with Gasteiger partial charge >= 0.3 is 18.6 Å². The van der Waals surface area contributed by atoms with E-state index in [1.54, 1.807) is 18.2 Å². The van der Waals surface area contributed by atoms with Gasteiger partial charge in [0.2, 0.25) is 0 Å². The number of hydrogen-bond donors (Lipinski definition) is 1. The second kappa shape index (κ2) is 11.1. The Morgan fingerprint density at radius 1 is 0.791 bits per heavy atom. The summed E-state index contributed by atoms with van der Waals surface area (Å²) >= 11 is 0. The molecule has 5 rings (SSSR count). The Labute approximate surface area is 239 Å². The van der Waals surface area contributed by atoms with Crippen molar-refractivity contribution in [3.05, 3.63) is 120 Å². The summed E-state index contributed by atoms with van der Waals surface area (Å²) in [6.45, 7) is 0. The van der Waals surface area contributed by atoms with Crippen LogP contribution in [0, 0.1) is 0 Å². The summed E-state index contributed by atoms with van der Waals surface area (Å²) in [7, 11) is 0. The largest absolute Gasteiger partial charge is 0.573 e. The van der Waals surface area contributed by atoms with Crippen LogP contribution in [0.25, 0.3) is 22.0 Å². The number of benzene rings is 4. The molecular formula is C31H19F6N3O3. The van der Waals surface area contributed by atoms with Crippen molar-refractivity contribution in [2.45, 2.75) is 12.5 Å². The van der Waals surface area contributed by atoms with E-state index in [1.807, 2.05) is 0 Å². The van der Waals surface area contributed by atoms with Crippen molar-refractivity contribution < 1.29 is 40.7 Å². The smallest absolute Gasteiger partial charge is 0.404 e. The molecule has 0 unspecified atom stereocenters. The lowest BCUT2D eigenvalue weighted by Crippen LogP contribution is -2.32. The fourth-order valence-corrected chi connectivity index (χ4v) is 4.72. The monoisotopic (exact) mass is 595 g/mol. The van der Waals surface area contributed by atoms with Crippen molar-refractivity contribution in [3.8, 4) is 16.9 Å². The molecule has 5 aromatic rings. The molecule has 0 aliphatic heterocycles. The Bertz CT molecular complexity index is 1840. The number of carbonyl (C=O) groups excluding carboxylic acids is 2. The first-order valence-corrected chi connectivity index (χ1v) is 12.5. The van der Waals surface area contributed by atoms with E-state index in [9.17, 15) is 35.9 Å². The molecule has 0 aliphatic rings. The lowest BCUT2D eigenvalue weighted by Gasteiger charge is -2.24. The van der Waals surface area contributed by atoms with Crippen LogP contribution in [-0.2, 0) is 6.18 Å². The summed E-state index contributed by atoms with van der Waals surface area (Å²) in [6, 6.07) is 20.6. The average Bonchev–Trinajstić information content (AvgIpc) is 2.96. The number of urea groups is 1. The first-order chi connectivity index (χ1) is 20.3. The third-order valence-corrected chi connectivity index (χ3v) is 6.43. The van der Waals surface area contributed by atoms with Crippen molar-refractivity contribution in [1.82, 2.24) is 4.98 Å². The van der Waals surface area contributed by atoms with Gasteiger partial charge in [-0.05, 0) is 35.9 Å². The number of primary amides is 1. The first-order valence-electron chi connectivity index (χ1n) is 12.5. The Balaban J connectivity index is 1.76. The molecule has 0 bridgehead atoms. The molecule has 0 fully saturated rings. The van der Waals surface area contributed by atoms with Gasteiger partial charge in [-0.2, -0.15) is 13.2 Å². The number of rotatable bonds is 6. The molecule has 218 valence electrons. The van der Waals surface area contributed by atoms with E-state index in [4.69, 9.17) is 5.73 Å². The highest BCUT2D eigenvalue weighted by Crippen LogP contribution is 2.41. The van der Waals surface area contributed by atoms with Gasteiger partial charge in [0.25, 0.3) is 0 Å². The Morgan fingerprint density at radius 2 is 1.47 bits per heavy atom. The second-order valence-electron chi connectivity index (χ2n) is 9.18. The minimum Gasteiger partial charge on any atom is -0.404 e. The molecule has 1 aromatic heterocycles. The summed E-state index contributed by atoms with van der Waals surface area (Å²) < 4.78 is 85.2. The molecular weight excluding hydrogens is 576 g/mol. The molecule has 1 heterocycles. The van der Waals surface area contributed by atoms with E-state index in [2.05, 4.69) is 9.72 Å². The highest BCUT2D eigenvalue weighted by molar-refractivity contribution is 6.17. The molecule has 43 heavy (non-hydrogen) atoms. The number of carbonyl (C=O) groups is 2. The maximum absolute atomic E-state index is 13.9. The number of ketones is 1. The number of fused-ring (bicyclic) bond motifs is 1. The van der Waals surface area contributed by atoms with Gasteiger partial charge in [-0.1, -0.05) is 66.7 Å². The number of ether oxygens (including phenoxy) is 1. The molecule has 6 nitrogen and oxygen atoms in total. The number of pyridine rings is 1. The molecule has 4 aromatic carbocycles. The predicted octanol–water partition coefficient (Wildman–Crippen LogP) is 8.27. The molecule has 2 amide bonds. The zero-order valence-electron chi connectivity index (χ0n) is 21.8. The Kier molecular flexibility index (Phi) is 7.53. The van der Waals surface area contributed by atoms with Gasteiger partial charge in [0.15, 0.2) is 11.5 Å². The van der Waals surface area contributed by atoms with Gasteiger partial charge < -0.3 is 10.5 Å². The number of halogens is 6. The van der Waals surface area contributed by atoms with Crippen LogP contribution in [0.5, 0.6) is 5.75 Å². The minimum atomic E-state index is -5.08. The van der Waals surface area contributed by atoms with Crippen molar-refractivity contribution in [2.75, 3.05) is 4.90 Å². The summed E-state index contributed by atoms with van der Waals surface area (Å²) in [5.74, 6) is -1.26. The Morgan fingerprint density at radius 3 is 2.14 bits per heavy atom. The number of hydrogen-bond acceptors (Lipinski definition) is 4. The van der Waals surface area contributed by atoms with Crippen LogP contribution in [0.15, 0.2) is 103 Å². The van der Waals surface area contributed by atoms with Crippen LogP contribution < -0.4 is 15.4 Å². The first kappa shape index (κ1) is 29.1. The molecule has 0 saturated heterocycles. The van der Waals surface area contributed by atoms with Crippen molar-refractivity contribution in [2.24, 2.45) is 5.73 Å². The lowest BCUT2D eigenvalue weighted by molar-refractivity contribution is -0.274. The van der Waals surface area contributed by atoms with E-state index in [-0.39, 0.29) is 39.0 Å². The molecule has 0 aliphatic carbocycles. The maximum Gasteiger partial charge on any atom is 0.573 e. The third-order valence-electron chi connectivity index (χ3n) is 6.43. The molecule has 12 heteroatoms. The normalized spacial score (nSPS) is 11.8. The van der Waals surface area contributed by atoms with Gasteiger partial charge in [0, 0.05) is 28.3 Å². The van der Waals surface area contributed by atoms with Gasteiger partial charge in [0.1, 0.15) is 0 Å². The molecule has 0 spiro atoms. The van der Waals surface area contributed by atoms with Crippen LogP contribution >= 0.6 is 0 Å². The van der Waals surface area contributed by atoms with Gasteiger partial charge in [0.05, 0.1) is 22.5 Å². The second-order valence-corrected chi connectivity index (χ2v) is 9.18. The SMILES string of the molecule is NC(=O)N(c1cccc(-c2c(C(=O)c3ccccc3)cnc3c(C(F)(F)F)cccc23)c1)c1ccccc1OC(F)(F)F. The lowest BCUT2D eigenvalue weighted by atomic mass is 9.91. The zero-order valence-corrected chi connectivity index (χ0v) is 21.8. The summed E-state index contributed by atoms with van der Waals surface area (Å²) in [5, 5.41) is -0.0137. The number of nitrogens with two attached hydrogens (primary N) is 1. The molecule has 2 N–H and O–H groups in total. The zero-order chi connectivity index (χ0) is 30.9. The number of alkyl halides is 6. The quantitative estimate of drug-likeness (QED) is 0.158. The maximum atomic E-state index is 13.9. The number of anilines is 2. The van der Waals surface area contributed by atoms with E-state index in [1.165, 1.54) is 66.7 Å². The highest BCUT2D eigenvalue weighted by atomic mass is 19.4. The van der Waals surface area contributed by atoms with Crippen LogP contribution in [-0.4, -0.2) is 23.2 Å². The molecule has 0 radical (unpaired) electrons. The average molecular weight is 595 g/mol. The molecule has 0 saturated carbocycles. The summed E-state index contributed by atoms with van der Waals surface area (Å²) in [6.07, 6.45) is -8.80. The molecule has 0 atom stereocenters. The van der Waals surface area contributed by atoms with Gasteiger partial charge in [-0.3, -0.25) is 14.7 Å².